The van der Waals surface area contributed by atoms with E-state index in [-0.39, 0.29) is 5.91 Å². The van der Waals surface area contributed by atoms with Gasteiger partial charge in [0.15, 0.2) is 5.82 Å². The van der Waals surface area contributed by atoms with E-state index < -0.39 is 0 Å². The molecule has 6 heteroatoms. The fourth-order valence-corrected chi connectivity index (χ4v) is 2.41. The maximum Gasteiger partial charge on any atom is 0.264 e. The number of hydrogen-bond donors (Lipinski definition) is 0. The van der Waals surface area contributed by atoms with Crippen LogP contribution >= 0.6 is 11.6 Å². The van der Waals surface area contributed by atoms with E-state index >= 15 is 0 Å². The third-order valence-corrected chi connectivity index (χ3v) is 4.11. The van der Waals surface area contributed by atoms with Gasteiger partial charge in [0.2, 0.25) is 0 Å². The lowest BCUT2D eigenvalue weighted by Gasteiger charge is -2.19. The molecule has 5 nitrogen and oxygen atoms in total. The van der Waals surface area contributed by atoms with Crippen molar-refractivity contribution in [2.24, 2.45) is 5.92 Å². The SMILES string of the molecule is Cc1ccc(N(C)C(=O)c2c(Cl)cccc2OCC2CC2)nn1. The number of anilines is 1. The zero-order chi connectivity index (χ0) is 16.4. The largest absolute Gasteiger partial charge is 0.492 e. The highest BCUT2D eigenvalue weighted by molar-refractivity contribution is 6.35. The summed E-state index contributed by atoms with van der Waals surface area (Å²) in [4.78, 5) is 14.3. The molecule has 2 aromatic rings. The second kappa shape index (κ2) is 6.54. The van der Waals surface area contributed by atoms with Gasteiger partial charge in [-0.25, -0.2) is 0 Å². The molecule has 0 unspecified atom stereocenters. The number of benzene rings is 1. The Morgan fingerprint density at radius 1 is 1.30 bits per heavy atom. The Bertz CT molecular complexity index is 714. The number of rotatable bonds is 5. The average Bonchev–Trinajstić information content (AvgIpc) is 3.37. The van der Waals surface area contributed by atoms with E-state index in [4.69, 9.17) is 16.3 Å². The van der Waals surface area contributed by atoms with Gasteiger partial charge in [-0.2, -0.15) is 5.10 Å². The van der Waals surface area contributed by atoms with Crippen molar-refractivity contribution in [3.8, 4) is 5.75 Å². The number of aryl methyl sites for hydroxylation is 1. The van der Waals surface area contributed by atoms with Crippen LogP contribution in [0, 0.1) is 12.8 Å². The molecule has 23 heavy (non-hydrogen) atoms. The van der Waals surface area contributed by atoms with E-state index in [0.29, 0.717) is 34.7 Å². The van der Waals surface area contributed by atoms with Crippen molar-refractivity contribution in [2.75, 3.05) is 18.6 Å². The van der Waals surface area contributed by atoms with Crippen molar-refractivity contribution < 1.29 is 9.53 Å². The Labute approximate surface area is 140 Å². The molecule has 0 bridgehead atoms. The van der Waals surface area contributed by atoms with E-state index in [1.54, 1.807) is 31.3 Å². The Kier molecular flexibility index (Phi) is 4.48. The minimum absolute atomic E-state index is 0.264. The first-order valence-electron chi connectivity index (χ1n) is 7.56. The summed E-state index contributed by atoms with van der Waals surface area (Å²) in [6.45, 7) is 2.46. The summed E-state index contributed by atoms with van der Waals surface area (Å²) in [5.74, 6) is 1.31. The maximum absolute atomic E-state index is 12.8. The van der Waals surface area contributed by atoms with E-state index in [1.807, 2.05) is 13.0 Å². The van der Waals surface area contributed by atoms with Gasteiger partial charge in [0.25, 0.3) is 5.91 Å². The number of carbonyl (C=O) groups is 1. The van der Waals surface area contributed by atoms with Crippen molar-refractivity contribution in [3.63, 3.8) is 0 Å². The average molecular weight is 332 g/mol. The predicted molar refractivity (Wildman–Crippen MR) is 89.2 cm³/mol. The van der Waals surface area contributed by atoms with Crippen LogP contribution in [0.4, 0.5) is 5.82 Å². The standard InChI is InChI=1S/C17H18ClN3O2/c1-11-6-9-15(20-19-11)21(2)17(22)16-13(18)4-3-5-14(16)23-10-12-7-8-12/h3-6,9,12H,7-8,10H2,1-2H3. The van der Waals surface area contributed by atoms with Crippen LogP contribution in [0.1, 0.15) is 28.9 Å². The third kappa shape index (κ3) is 3.62. The van der Waals surface area contributed by atoms with Gasteiger partial charge in [-0.3, -0.25) is 9.69 Å². The molecule has 3 rings (SSSR count). The van der Waals surface area contributed by atoms with Crippen LogP contribution < -0.4 is 9.64 Å². The molecule has 0 atom stereocenters. The van der Waals surface area contributed by atoms with E-state index in [2.05, 4.69) is 10.2 Å². The molecule has 1 amide bonds. The smallest absolute Gasteiger partial charge is 0.264 e. The molecule has 120 valence electrons. The molecule has 0 saturated heterocycles. The Hall–Kier alpha value is -2.14. The first kappa shape index (κ1) is 15.7. The summed E-state index contributed by atoms with van der Waals surface area (Å²) in [5, 5.41) is 8.39. The zero-order valence-corrected chi connectivity index (χ0v) is 13.9. The molecular weight excluding hydrogens is 314 g/mol. The normalized spacial score (nSPS) is 13.7. The van der Waals surface area contributed by atoms with Crippen LogP contribution in [-0.2, 0) is 0 Å². The van der Waals surface area contributed by atoms with Crippen molar-refractivity contribution >= 4 is 23.3 Å². The number of ether oxygens (including phenoxy) is 1. The summed E-state index contributed by atoms with van der Waals surface area (Å²) in [6, 6.07) is 8.81. The molecule has 1 aromatic heterocycles. The Morgan fingerprint density at radius 2 is 2.09 bits per heavy atom. The van der Waals surface area contributed by atoms with Crippen LogP contribution in [0.5, 0.6) is 5.75 Å². The molecule has 1 saturated carbocycles. The van der Waals surface area contributed by atoms with Gasteiger partial charge in [0, 0.05) is 7.05 Å². The number of nitrogens with zero attached hydrogens (tertiary/aromatic N) is 3. The van der Waals surface area contributed by atoms with Gasteiger partial charge in [-0.05, 0) is 49.9 Å². The minimum Gasteiger partial charge on any atom is -0.492 e. The first-order chi connectivity index (χ1) is 11.1. The van der Waals surface area contributed by atoms with Crippen LogP contribution in [0.25, 0.3) is 0 Å². The number of amides is 1. The summed E-state index contributed by atoms with van der Waals surface area (Å²) in [5.41, 5.74) is 1.15. The monoisotopic (exact) mass is 331 g/mol. The second-order valence-electron chi connectivity index (χ2n) is 5.76. The fourth-order valence-electron chi connectivity index (χ4n) is 2.17. The lowest BCUT2D eigenvalue weighted by atomic mass is 10.1. The molecule has 1 aromatic carbocycles. The van der Waals surface area contributed by atoms with Gasteiger partial charge in [0.05, 0.1) is 17.3 Å². The van der Waals surface area contributed by atoms with Crippen LogP contribution in [0.3, 0.4) is 0 Å². The summed E-state index contributed by atoms with van der Waals surface area (Å²) in [7, 11) is 1.65. The number of halogens is 1. The van der Waals surface area contributed by atoms with Crippen molar-refractivity contribution in [3.05, 3.63) is 46.6 Å². The quantitative estimate of drug-likeness (QED) is 0.841. The van der Waals surface area contributed by atoms with Gasteiger partial charge >= 0.3 is 0 Å². The van der Waals surface area contributed by atoms with Crippen LogP contribution in [0.2, 0.25) is 5.02 Å². The molecule has 0 aliphatic heterocycles. The predicted octanol–water partition coefficient (Wildman–Crippen LogP) is 3.50. The highest BCUT2D eigenvalue weighted by Gasteiger charge is 2.25. The number of hydrogen-bond acceptors (Lipinski definition) is 4. The molecule has 1 aliphatic carbocycles. The highest BCUT2D eigenvalue weighted by atomic mass is 35.5. The molecule has 0 spiro atoms. The van der Waals surface area contributed by atoms with Crippen molar-refractivity contribution in [1.29, 1.82) is 0 Å². The maximum atomic E-state index is 12.8. The summed E-state index contributed by atoms with van der Waals surface area (Å²) < 4.78 is 5.80. The second-order valence-corrected chi connectivity index (χ2v) is 6.17. The van der Waals surface area contributed by atoms with Crippen molar-refractivity contribution in [2.45, 2.75) is 19.8 Å². The first-order valence-corrected chi connectivity index (χ1v) is 7.93. The fraction of sp³-hybridized carbons (Fsp3) is 0.353. The topological polar surface area (TPSA) is 55.3 Å². The molecule has 1 fully saturated rings. The van der Waals surface area contributed by atoms with Gasteiger partial charge in [0.1, 0.15) is 11.3 Å². The number of aromatic nitrogens is 2. The Balaban J connectivity index is 1.86. The van der Waals surface area contributed by atoms with E-state index in [9.17, 15) is 4.79 Å². The van der Waals surface area contributed by atoms with Crippen LogP contribution in [0.15, 0.2) is 30.3 Å². The van der Waals surface area contributed by atoms with Crippen LogP contribution in [-0.4, -0.2) is 29.8 Å². The molecule has 1 aliphatic rings. The molecule has 0 N–H and O–H groups in total. The lowest BCUT2D eigenvalue weighted by molar-refractivity contribution is 0.0988. The highest BCUT2D eigenvalue weighted by Crippen LogP contribution is 2.33. The third-order valence-electron chi connectivity index (χ3n) is 3.79. The minimum atomic E-state index is -0.264. The summed E-state index contributed by atoms with van der Waals surface area (Å²) >= 11 is 6.25. The lowest BCUT2D eigenvalue weighted by Crippen LogP contribution is -2.28. The van der Waals surface area contributed by atoms with E-state index in [0.717, 1.165) is 5.69 Å². The van der Waals surface area contributed by atoms with Crippen molar-refractivity contribution in [1.82, 2.24) is 10.2 Å². The molecule has 0 radical (unpaired) electrons. The number of carbonyl (C=O) groups excluding carboxylic acids is 1. The Morgan fingerprint density at radius 3 is 2.74 bits per heavy atom. The van der Waals surface area contributed by atoms with Gasteiger partial charge in [-0.1, -0.05) is 17.7 Å². The van der Waals surface area contributed by atoms with Gasteiger partial charge < -0.3 is 4.74 Å². The molecular formula is C17H18ClN3O2. The molecule has 1 heterocycles. The zero-order valence-electron chi connectivity index (χ0n) is 13.1. The summed E-state index contributed by atoms with van der Waals surface area (Å²) in [6.07, 6.45) is 2.37. The van der Waals surface area contributed by atoms with E-state index in [1.165, 1.54) is 17.7 Å². The van der Waals surface area contributed by atoms with Gasteiger partial charge in [-0.15, -0.1) is 5.10 Å².